The van der Waals surface area contributed by atoms with Crippen molar-refractivity contribution in [2.75, 3.05) is 18.0 Å². The van der Waals surface area contributed by atoms with Crippen LogP contribution in [0.4, 0.5) is 39.8 Å². The Balaban J connectivity index is 0.938. The molecule has 7 nitrogen and oxygen atoms in total. The number of hydrogen-bond donors (Lipinski definition) is 0. The van der Waals surface area contributed by atoms with E-state index >= 15 is 0 Å². The van der Waals surface area contributed by atoms with E-state index in [1.54, 1.807) is 0 Å². The van der Waals surface area contributed by atoms with Crippen molar-refractivity contribution in [1.29, 1.82) is 0 Å². The number of benzene rings is 6. The number of azo groups is 3. The van der Waals surface area contributed by atoms with E-state index < -0.39 is 0 Å². The van der Waals surface area contributed by atoms with Crippen LogP contribution in [0.2, 0.25) is 0 Å². The Bertz CT molecular complexity index is 2230. The fourth-order valence-electron chi connectivity index (χ4n) is 7.82. The topological polar surface area (TPSA) is 77.4 Å². The first-order valence-electron chi connectivity index (χ1n) is 20.5. The quantitative estimate of drug-likeness (QED) is 0.0763. The summed E-state index contributed by atoms with van der Waals surface area (Å²) in [6.45, 7) is 8.56. The molecule has 1 saturated carbocycles. The van der Waals surface area contributed by atoms with E-state index in [0.717, 1.165) is 63.9 Å². The zero-order valence-electron chi connectivity index (χ0n) is 33.1. The van der Waals surface area contributed by atoms with E-state index in [1.807, 2.05) is 84.9 Å². The van der Waals surface area contributed by atoms with Crippen LogP contribution in [0.25, 0.3) is 21.9 Å². The van der Waals surface area contributed by atoms with Crippen LogP contribution >= 0.6 is 0 Å². The molecule has 56 heavy (non-hydrogen) atoms. The Morgan fingerprint density at radius 3 is 1.39 bits per heavy atom. The van der Waals surface area contributed by atoms with Crippen molar-refractivity contribution in [3.8, 4) is 11.1 Å². The van der Waals surface area contributed by atoms with Gasteiger partial charge in [-0.3, -0.25) is 0 Å². The van der Waals surface area contributed by atoms with Crippen molar-refractivity contribution < 1.29 is 0 Å². The van der Waals surface area contributed by atoms with E-state index in [1.165, 1.54) is 73.7 Å². The highest BCUT2D eigenvalue weighted by atomic mass is 15.1. The molecular weight excluding hydrogens is 687 g/mol. The maximum atomic E-state index is 4.60. The molecular formula is C49H53N7. The van der Waals surface area contributed by atoms with E-state index in [0.29, 0.717) is 5.92 Å². The van der Waals surface area contributed by atoms with Crippen molar-refractivity contribution >= 4 is 50.6 Å². The summed E-state index contributed by atoms with van der Waals surface area (Å²) < 4.78 is 0. The predicted octanol–water partition coefficient (Wildman–Crippen LogP) is 16.5. The molecule has 7 heteroatoms. The van der Waals surface area contributed by atoms with Gasteiger partial charge in [-0.2, -0.15) is 20.5 Å². The number of anilines is 1. The van der Waals surface area contributed by atoms with Crippen LogP contribution in [0, 0.1) is 5.92 Å². The van der Waals surface area contributed by atoms with Crippen LogP contribution in [0.1, 0.15) is 83.6 Å². The normalized spacial score (nSPS) is 16.1. The molecule has 0 bridgehead atoms. The highest BCUT2D eigenvalue weighted by molar-refractivity contribution is 5.99. The summed E-state index contributed by atoms with van der Waals surface area (Å²) in [5.74, 6) is 1.65. The van der Waals surface area contributed by atoms with Crippen LogP contribution in [0.5, 0.6) is 0 Å². The second kappa shape index (κ2) is 19.2. The Kier molecular flexibility index (Phi) is 13.2. The number of fused-ring (bicyclic) bond motifs is 1. The molecule has 1 aliphatic carbocycles. The van der Waals surface area contributed by atoms with Gasteiger partial charge in [0.2, 0.25) is 0 Å². The summed E-state index contributed by atoms with van der Waals surface area (Å²) in [6, 6.07) is 45.3. The Morgan fingerprint density at radius 2 is 0.911 bits per heavy atom. The molecule has 0 unspecified atom stereocenters. The largest absolute Gasteiger partial charge is 0.372 e. The van der Waals surface area contributed by atoms with Crippen LogP contribution in [0.15, 0.2) is 164 Å². The minimum Gasteiger partial charge on any atom is -0.372 e. The Morgan fingerprint density at radius 1 is 0.464 bits per heavy atom. The lowest BCUT2D eigenvalue weighted by atomic mass is 9.77. The third-order valence-corrected chi connectivity index (χ3v) is 11.2. The zero-order valence-corrected chi connectivity index (χ0v) is 33.1. The average molecular weight is 740 g/mol. The number of hydrogen-bond acceptors (Lipinski definition) is 7. The second-order valence-corrected chi connectivity index (χ2v) is 14.8. The van der Waals surface area contributed by atoms with Gasteiger partial charge in [0.1, 0.15) is 0 Å². The zero-order chi connectivity index (χ0) is 38.5. The molecule has 0 saturated heterocycles. The first-order valence-corrected chi connectivity index (χ1v) is 20.5. The van der Waals surface area contributed by atoms with E-state index in [-0.39, 0.29) is 0 Å². The molecule has 6 aromatic rings. The minimum atomic E-state index is 0.709. The molecule has 0 heterocycles. The molecule has 0 N–H and O–H groups in total. The lowest BCUT2D eigenvalue weighted by molar-refractivity contribution is 0.303. The van der Waals surface area contributed by atoms with Gasteiger partial charge >= 0.3 is 0 Å². The van der Waals surface area contributed by atoms with Crippen LogP contribution < -0.4 is 4.90 Å². The van der Waals surface area contributed by atoms with Crippen LogP contribution in [0.3, 0.4) is 0 Å². The molecule has 6 aromatic carbocycles. The maximum Gasteiger partial charge on any atom is 0.0936 e. The first-order chi connectivity index (χ1) is 27.6. The summed E-state index contributed by atoms with van der Waals surface area (Å²) in [4.78, 5) is 2.31. The standard InChI is InChI=1S/C49H53N7/c1-4-7-8-11-36-14-16-37(17-15-36)38-18-20-39(21-19-38)40-22-24-41(25-23-40)50-51-42-26-28-43(29-27-42)52-54-48-34-35-49(47-13-10-9-12-46(47)48)55-53-44-30-32-45(33-31-44)56(5-2)6-3/h9-10,12-13,18-37H,4-8,11,14-17H2,1-3H3. The lowest BCUT2D eigenvalue weighted by Gasteiger charge is -2.29. The van der Waals surface area contributed by atoms with Gasteiger partial charge in [0, 0.05) is 29.5 Å². The third kappa shape index (κ3) is 9.88. The highest BCUT2D eigenvalue weighted by Crippen LogP contribution is 2.39. The summed E-state index contributed by atoms with van der Waals surface area (Å²) in [7, 11) is 0. The smallest absolute Gasteiger partial charge is 0.0936 e. The summed E-state index contributed by atoms with van der Waals surface area (Å²) in [5, 5.41) is 29.1. The highest BCUT2D eigenvalue weighted by Gasteiger charge is 2.22. The lowest BCUT2D eigenvalue weighted by Crippen LogP contribution is -2.21. The van der Waals surface area contributed by atoms with E-state index in [9.17, 15) is 0 Å². The van der Waals surface area contributed by atoms with Crippen molar-refractivity contribution in [3.63, 3.8) is 0 Å². The molecule has 0 atom stereocenters. The van der Waals surface area contributed by atoms with Crippen molar-refractivity contribution in [3.05, 3.63) is 139 Å². The number of unbranched alkanes of at least 4 members (excludes halogenated alkanes) is 2. The molecule has 1 aliphatic rings. The Labute approximate surface area is 332 Å². The first kappa shape index (κ1) is 38.5. The monoisotopic (exact) mass is 739 g/mol. The Hall–Kier alpha value is -5.82. The minimum absolute atomic E-state index is 0.709. The van der Waals surface area contributed by atoms with Gasteiger partial charge in [0.05, 0.1) is 34.1 Å². The molecule has 0 radical (unpaired) electrons. The second-order valence-electron chi connectivity index (χ2n) is 14.8. The summed E-state index contributed by atoms with van der Waals surface area (Å²) >= 11 is 0. The van der Waals surface area contributed by atoms with Crippen molar-refractivity contribution in [1.82, 2.24) is 0 Å². The fourth-order valence-corrected chi connectivity index (χ4v) is 7.82. The molecule has 284 valence electrons. The predicted molar refractivity (Wildman–Crippen MR) is 234 cm³/mol. The maximum absolute atomic E-state index is 4.60. The van der Waals surface area contributed by atoms with Gasteiger partial charge in [-0.15, -0.1) is 10.2 Å². The van der Waals surface area contributed by atoms with Gasteiger partial charge in [-0.1, -0.05) is 93.3 Å². The van der Waals surface area contributed by atoms with Crippen molar-refractivity contribution in [2.45, 2.75) is 78.1 Å². The SMILES string of the molecule is CCCCCC1CCC(c2ccc(-c3ccc(N=Nc4ccc(N=Nc5ccc(N=Nc6ccc(N(CC)CC)cc6)c6ccccc56)cc4)cc3)cc2)CC1. The van der Waals surface area contributed by atoms with Gasteiger partial charge in [0.15, 0.2) is 0 Å². The molecule has 1 fully saturated rings. The van der Waals surface area contributed by atoms with Crippen LogP contribution in [-0.2, 0) is 0 Å². The van der Waals surface area contributed by atoms with Gasteiger partial charge in [0.25, 0.3) is 0 Å². The fraction of sp³-hybridized carbons (Fsp3) is 0.306. The van der Waals surface area contributed by atoms with Gasteiger partial charge in [-0.05, 0) is 141 Å². The molecule has 0 aromatic heterocycles. The third-order valence-electron chi connectivity index (χ3n) is 11.2. The molecule has 0 aliphatic heterocycles. The summed E-state index contributed by atoms with van der Waals surface area (Å²) in [5.41, 5.74) is 9.76. The number of nitrogens with zero attached hydrogens (tertiary/aromatic N) is 7. The van der Waals surface area contributed by atoms with E-state index in [2.05, 4.69) is 105 Å². The molecule has 7 rings (SSSR count). The van der Waals surface area contributed by atoms with Gasteiger partial charge < -0.3 is 4.90 Å². The molecule has 0 amide bonds. The van der Waals surface area contributed by atoms with Gasteiger partial charge in [-0.25, -0.2) is 0 Å². The average Bonchev–Trinajstić information content (AvgIpc) is 3.26. The summed E-state index contributed by atoms with van der Waals surface area (Å²) in [6.07, 6.45) is 11.0. The van der Waals surface area contributed by atoms with E-state index in [4.69, 9.17) is 0 Å². The molecule has 0 spiro atoms. The van der Waals surface area contributed by atoms with Crippen molar-refractivity contribution in [2.24, 2.45) is 36.6 Å². The van der Waals surface area contributed by atoms with Crippen LogP contribution in [-0.4, -0.2) is 13.1 Å². The number of rotatable bonds is 15.